The fourth-order valence-electron chi connectivity index (χ4n) is 3.32. The Hall–Kier alpha value is -2.51. The number of hydrogen-bond acceptors (Lipinski definition) is 7. The standard InChI is InChI=1S/C23H27N3O3S/c1-2-6-20(7-3-1)28-16-17-30-18-22-24-25-23(29-22)19-8-10-21(11-9-19)27-15-14-26-12-4-5-13-26/h1-3,6-11H,4-5,12-18H2. The van der Waals surface area contributed by atoms with Gasteiger partial charge in [-0.1, -0.05) is 18.2 Å². The third-order valence-electron chi connectivity index (χ3n) is 4.91. The van der Waals surface area contributed by atoms with E-state index in [-0.39, 0.29) is 0 Å². The summed E-state index contributed by atoms with van der Waals surface area (Å²) >= 11 is 1.71. The van der Waals surface area contributed by atoms with Crippen molar-refractivity contribution in [1.29, 1.82) is 0 Å². The zero-order valence-electron chi connectivity index (χ0n) is 17.0. The van der Waals surface area contributed by atoms with Gasteiger partial charge in [0.25, 0.3) is 0 Å². The number of nitrogens with zero attached hydrogens (tertiary/aromatic N) is 3. The lowest BCUT2D eigenvalue weighted by atomic mass is 10.2. The van der Waals surface area contributed by atoms with Gasteiger partial charge in [-0.3, -0.25) is 4.90 Å². The zero-order chi connectivity index (χ0) is 20.4. The number of ether oxygens (including phenoxy) is 2. The zero-order valence-corrected chi connectivity index (χ0v) is 17.9. The molecule has 1 aromatic heterocycles. The van der Waals surface area contributed by atoms with Gasteiger partial charge in [0.15, 0.2) is 0 Å². The SMILES string of the molecule is c1ccc(OCCSCc2nnc(-c3ccc(OCCN4CCCC4)cc3)o2)cc1. The average molecular weight is 426 g/mol. The molecule has 0 aliphatic carbocycles. The molecule has 2 heterocycles. The van der Waals surface area contributed by atoms with E-state index in [0.29, 0.717) is 24.1 Å². The lowest BCUT2D eigenvalue weighted by Gasteiger charge is -2.14. The van der Waals surface area contributed by atoms with E-state index in [9.17, 15) is 0 Å². The van der Waals surface area contributed by atoms with E-state index in [1.165, 1.54) is 25.9 Å². The molecule has 0 bridgehead atoms. The van der Waals surface area contributed by atoms with E-state index in [2.05, 4.69) is 15.1 Å². The smallest absolute Gasteiger partial charge is 0.247 e. The van der Waals surface area contributed by atoms with Crippen molar-refractivity contribution < 1.29 is 13.9 Å². The molecule has 1 aliphatic heterocycles. The minimum atomic E-state index is 0.537. The van der Waals surface area contributed by atoms with Crippen LogP contribution in [0, 0.1) is 0 Å². The maximum Gasteiger partial charge on any atom is 0.247 e. The van der Waals surface area contributed by atoms with Gasteiger partial charge in [0, 0.05) is 17.9 Å². The molecule has 1 saturated heterocycles. The highest BCUT2D eigenvalue weighted by molar-refractivity contribution is 7.98. The Morgan fingerprint density at radius 3 is 2.40 bits per heavy atom. The van der Waals surface area contributed by atoms with E-state index in [0.717, 1.165) is 36.0 Å². The van der Waals surface area contributed by atoms with Crippen LogP contribution in [0.15, 0.2) is 59.0 Å². The number of benzene rings is 2. The normalized spacial score (nSPS) is 14.1. The van der Waals surface area contributed by atoms with Gasteiger partial charge in [0.05, 0.1) is 12.4 Å². The van der Waals surface area contributed by atoms with Crippen LogP contribution >= 0.6 is 11.8 Å². The molecule has 1 aliphatic rings. The van der Waals surface area contributed by atoms with Crippen LogP contribution in [0.5, 0.6) is 11.5 Å². The first-order valence-corrected chi connectivity index (χ1v) is 11.6. The second-order valence-corrected chi connectivity index (χ2v) is 8.24. The van der Waals surface area contributed by atoms with Crippen molar-refractivity contribution in [3.05, 3.63) is 60.5 Å². The highest BCUT2D eigenvalue weighted by Crippen LogP contribution is 2.23. The van der Waals surface area contributed by atoms with E-state index in [1.54, 1.807) is 11.8 Å². The fourth-order valence-corrected chi connectivity index (χ4v) is 3.95. The number of para-hydroxylation sites is 1. The Morgan fingerprint density at radius 2 is 1.60 bits per heavy atom. The molecule has 0 radical (unpaired) electrons. The van der Waals surface area contributed by atoms with Gasteiger partial charge in [-0.25, -0.2) is 0 Å². The molecular weight excluding hydrogens is 398 g/mol. The molecule has 158 valence electrons. The van der Waals surface area contributed by atoms with E-state index >= 15 is 0 Å². The van der Waals surface area contributed by atoms with Crippen LogP contribution in [0.2, 0.25) is 0 Å². The molecule has 0 amide bonds. The molecule has 0 saturated carbocycles. The van der Waals surface area contributed by atoms with Crippen molar-refractivity contribution in [2.75, 3.05) is 38.6 Å². The summed E-state index contributed by atoms with van der Waals surface area (Å²) in [4.78, 5) is 2.44. The first-order valence-electron chi connectivity index (χ1n) is 10.4. The van der Waals surface area contributed by atoms with Gasteiger partial charge in [-0.15, -0.1) is 22.0 Å². The minimum Gasteiger partial charge on any atom is -0.493 e. The van der Waals surface area contributed by atoms with Gasteiger partial charge >= 0.3 is 0 Å². The van der Waals surface area contributed by atoms with Crippen LogP contribution < -0.4 is 9.47 Å². The Morgan fingerprint density at radius 1 is 0.867 bits per heavy atom. The molecule has 0 spiro atoms. The second-order valence-electron chi connectivity index (χ2n) is 7.14. The first-order chi connectivity index (χ1) is 14.9. The lowest BCUT2D eigenvalue weighted by molar-refractivity contribution is 0.238. The van der Waals surface area contributed by atoms with Crippen LogP contribution in [0.3, 0.4) is 0 Å². The van der Waals surface area contributed by atoms with E-state index < -0.39 is 0 Å². The summed E-state index contributed by atoms with van der Waals surface area (Å²) in [5.41, 5.74) is 0.901. The lowest BCUT2D eigenvalue weighted by Crippen LogP contribution is -2.25. The predicted molar refractivity (Wildman–Crippen MR) is 119 cm³/mol. The molecule has 4 rings (SSSR count). The van der Waals surface area contributed by atoms with Gasteiger partial charge in [-0.2, -0.15) is 0 Å². The van der Waals surface area contributed by atoms with Crippen LogP contribution in [-0.4, -0.2) is 53.7 Å². The largest absolute Gasteiger partial charge is 0.493 e. The predicted octanol–water partition coefficient (Wildman–Crippen LogP) is 4.52. The summed E-state index contributed by atoms with van der Waals surface area (Å²) in [6.45, 7) is 4.74. The highest BCUT2D eigenvalue weighted by atomic mass is 32.2. The van der Waals surface area contributed by atoms with Crippen LogP contribution in [-0.2, 0) is 5.75 Å². The minimum absolute atomic E-state index is 0.537. The van der Waals surface area contributed by atoms with E-state index in [1.807, 2.05) is 54.6 Å². The summed E-state index contributed by atoms with van der Waals surface area (Å²) in [6.07, 6.45) is 2.61. The Balaban J connectivity index is 1.17. The maximum atomic E-state index is 5.85. The highest BCUT2D eigenvalue weighted by Gasteiger charge is 2.11. The van der Waals surface area contributed by atoms with Crippen LogP contribution in [0.25, 0.3) is 11.5 Å². The van der Waals surface area contributed by atoms with Crippen LogP contribution in [0.1, 0.15) is 18.7 Å². The molecular formula is C23H27N3O3S. The quantitative estimate of drug-likeness (QED) is 0.419. The molecule has 30 heavy (non-hydrogen) atoms. The summed E-state index contributed by atoms with van der Waals surface area (Å²) in [5.74, 6) is 4.45. The topological polar surface area (TPSA) is 60.6 Å². The Labute approximate surface area is 181 Å². The van der Waals surface area contributed by atoms with Crippen molar-refractivity contribution in [3.63, 3.8) is 0 Å². The molecule has 0 unspecified atom stereocenters. The Bertz CT molecular complexity index is 880. The van der Waals surface area contributed by atoms with Crippen molar-refractivity contribution in [2.45, 2.75) is 18.6 Å². The molecule has 6 nitrogen and oxygen atoms in total. The Kier molecular flexibility index (Phi) is 7.63. The number of rotatable bonds is 11. The number of thioether (sulfide) groups is 1. The maximum absolute atomic E-state index is 5.85. The van der Waals surface area contributed by atoms with Crippen LogP contribution in [0.4, 0.5) is 0 Å². The van der Waals surface area contributed by atoms with Crippen molar-refractivity contribution >= 4 is 11.8 Å². The van der Waals surface area contributed by atoms with Gasteiger partial charge in [-0.05, 0) is 62.3 Å². The summed E-state index contributed by atoms with van der Waals surface area (Å²) in [6, 6.07) is 17.7. The van der Waals surface area contributed by atoms with Crippen molar-refractivity contribution in [2.24, 2.45) is 0 Å². The molecule has 0 atom stereocenters. The fraction of sp³-hybridized carbons (Fsp3) is 0.391. The first kappa shape index (κ1) is 20.8. The summed E-state index contributed by atoms with van der Waals surface area (Å²) in [7, 11) is 0. The van der Waals surface area contributed by atoms with Crippen molar-refractivity contribution in [3.8, 4) is 23.0 Å². The summed E-state index contributed by atoms with van der Waals surface area (Å²) in [5, 5.41) is 8.32. The number of likely N-dealkylation sites (tertiary alicyclic amines) is 1. The number of hydrogen-bond donors (Lipinski definition) is 0. The molecule has 0 N–H and O–H groups in total. The van der Waals surface area contributed by atoms with Crippen molar-refractivity contribution in [1.82, 2.24) is 15.1 Å². The number of aromatic nitrogens is 2. The molecule has 3 aromatic rings. The third-order valence-corrected chi connectivity index (χ3v) is 5.81. The monoisotopic (exact) mass is 425 g/mol. The molecule has 2 aromatic carbocycles. The average Bonchev–Trinajstić information content (AvgIpc) is 3.47. The van der Waals surface area contributed by atoms with E-state index in [4.69, 9.17) is 13.9 Å². The third kappa shape index (κ3) is 6.24. The summed E-state index contributed by atoms with van der Waals surface area (Å²) < 4.78 is 17.3. The van der Waals surface area contributed by atoms with Gasteiger partial charge in [0.1, 0.15) is 18.1 Å². The molecule has 7 heteroatoms. The second kappa shape index (κ2) is 11.0. The molecule has 1 fully saturated rings. The van der Waals surface area contributed by atoms with Gasteiger partial charge < -0.3 is 13.9 Å². The van der Waals surface area contributed by atoms with Gasteiger partial charge in [0.2, 0.25) is 11.8 Å².